The summed E-state index contributed by atoms with van der Waals surface area (Å²) in [5, 5.41) is 11.7. The molecular formula is C21H16FN3O4S. The maximum Gasteiger partial charge on any atom is 0.269 e. The molecule has 3 aromatic carbocycles. The Bertz CT molecular complexity index is 1320. The predicted molar refractivity (Wildman–Crippen MR) is 110 cm³/mol. The maximum absolute atomic E-state index is 13.5. The number of para-hydroxylation sites is 1. The molecule has 1 atom stereocenters. The Labute approximate surface area is 171 Å². The number of fused-ring (bicyclic) bond motifs is 1. The number of H-pyrrole nitrogens is 1. The number of rotatable bonds is 6. The van der Waals surface area contributed by atoms with Crippen LogP contribution in [0.5, 0.6) is 0 Å². The van der Waals surface area contributed by atoms with Crippen LogP contribution in [0.3, 0.4) is 0 Å². The Morgan fingerprint density at radius 3 is 2.30 bits per heavy atom. The number of aromatic nitrogens is 1. The van der Waals surface area contributed by atoms with Gasteiger partial charge in [-0.15, -0.1) is 0 Å². The number of sulfonamides is 1. The molecule has 4 rings (SSSR count). The summed E-state index contributed by atoms with van der Waals surface area (Å²) < 4.78 is 42.2. The number of non-ortho nitro benzene ring substituents is 1. The fourth-order valence-electron chi connectivity index (χ4n) is 3.27. The number of hydrogen-bond acceptors (Lipinski definition) is 4. The topological polar surface area (TPSA) is 105 Å². The van der Waals surface area contributed by atoms with Crippen molar-refractivity contribution in [1.29, 1.82) is 0 Å². The molecule has 0 saturated carbocycles. The van der Waals surface area contributed by atoms with Crippen molar-refractivity contribution in [2.75, 3.05) is 0 Å². The second kappa shape index (κ2) is 7.69. The molecule has 0 aliphatic carbocycles. The lowest BCUT2D eigenvalue weighted by Gasteiger charge is -2.19. The monoisotopic (exact) mass is 425 g/mol. The molecule has 0 unspecified atom stereocenters. The zero-order valence-corrected chi connectivity index (χ0v) is 16.3. The summed E-state index contributed by atoms with van der Waals surface area (Å²) in [6.45, 7) is 0. The quantitative estimate of drug-likeness (QED) is 0.355. The highest BCUT2D eigenvalue weighted by Crippen LogP contribution is 2.31. The lowest BCUT2D eigenvalue weighted by atomic mass is 9.99. The van der Waals surface area contributed by atoms with Gasteiger partial charge in [0.25, 0.3) is 5.69 Å². The third-order valence-corrected chi connectivity index (χ3v) is 6.21. The van der Waals surface area contributed by atoms with Crippen LogP contribution in [0, 0.1) is 15.9 Å². The molecule has 2 N–H and O–H groups in total. The van der Waals surface area contributed by atoms with Gasteiger partial charge >= 0.3 is 0 Å². The smallest absolute Gasteiger partial charge is 0.269 e. The number of nitro groups is 1. The van der Waals surface area contributed by atoms with Gasteiger partial charge in [0, 0.05) is 29.2 Å². The average Bonchev–Trinajstić information content (AvgIpc) is 3.17. The molecule has 0 bridgehead atoms. The fourth-order valence-corrected chi connectivity index (χ4v) is 4.47. The van der Waals surface area contributed by atoms with E-state index in [1.807, 2.05) is 24.3 Å². The van der Waals surface area contributed by atoms with Gasteiger partial charge in [-0.05, 0) is 41.5 Å². The van der Waals surface area contributed by atoms with Crippen LogP contribution < -0.4 is 4.72 Å². The first-order valence-corrected chi connectivity index (χ1v) is 10.4. The molecule has 0 radical (unpaired) electrons. The molecule has 0 spiro atoms. The Morgan fingerprint density at radius 2 is 1.63 bits per heavy atom. The van der Waals surface area contributed by atoms with E-state index in [2.05, 4.69) is 9.71 Å². The van der Waals surface area contributed by atoms with E-state index >= 15 is 0 Å². The van der Waals surface area contributed by atoms with Gasteiger partial charge in [-0.25, -0.2) is 12.8 Å². The number of aromatic amines is 1. The number of nitrogens with zero attached hydrogens (tertiary/aromatic N) is 1. The predicted octanol–water partition coefficient (Wildman–Crippen LogP) is 4.28. The van der Waals surface area contributed by atoms with Crippen LogP contribution in [0.1, 0.15) is 17.2 Å². The molecular weight excluding hydrogens is 409 g/mol. The van der Waals surface area contributed by atoms with Crippen LogP contribution in [0.15, 0.2) is 83.9 Å². The van der Waals surface area contributed by atoms with Crippen LogP contribution >= 0.6 is 0 Å². The number of nitro benzene ring substituents is 1. The van der Waals surface area contributed by atoms with Crippen LogP contribution in [0.2, 0.25) is 0 Å². The maximum atomic E-state index is 13.5. The summed E-state index contributed by atoms with van der Waals surface area (Å²) in [4.78, 5) is 13.2. The van der Waals surface area contributed by atoms with Crippen molar-refractivity contribution in [3.8, 4) is 0 Å². The van der Waals surface area contributed by atoms with Gasteiger partial charge in [0.1, 0.15) is 5.82 Å². The van der Waals surface area contributed by atoms with Crippen molar-refractivity contribution in [3.63, 3.8) is 0 Å². The van der Waals surface area contributed by atoms with Gasteiger partial charge in [-0.1, -0.05) is 30.3 Å². The van der Waals surface area contributed by atoms with Crippen molar-refractivity contribution in [2.24, 2.45) is 0 Å². The van der Waals surface area contributed by atoms with Gasteiger partial charge in [0.05, 0.1) is 15.9 Å². The van der Waals surface area contributed by atoms with Crippen molar-refractivity contribution in [2.45, 2.75) is 10.9 Å². The van der Waals surface area contributed by atoms with E-state index in [0.29, 0.717) is 11.1 Å². The minimum atomic E-state index is -4.04. The van der Waals surface area contributed by atoms with Crippen LogP contribution in [0.4, 0.5) is 10.1 Å². The standard InChI is InChI=1S/C21H16FN3O4S/c22-15-7-5-14(6-8-15)21(19-13-23-20-4-2-1-3-18(19)20)24-30(28,29)17-11-9-16(10-12-17)25(26)27/h1-13,21,23-24H/t21-/m1/s1. The van der Waals surface area contributed by atoms with E-state index in [1.54, 1.807) is 6.20 Å². The van der Waals surface area contributed by atoms with Gasteiger partial charge < -0.3 is 4.98 Å². The van der Waals surface area contributed by atoms with E-state index in [4.69, 9.17) is 0 Å². The first kappa shape index (κ1) is 19.7. The molecule has 0 saturated heterocycles. The largest absolute Gasteiger partial charge is 0.361 e. The lowest BCUT2D eigenvalue weighted by Crippen LogP contribution is -2.29. The third-order valence-electron chi connectivity index (χ3n) is 4.77. The van der Waals surface area contributed by atoms with Gasteiger partial charge in [-0.3, -0.25) is 10.1 Å². The van der Waals surface area contributed by atoms with Crippen molar-refractivity contribution in [1.82, 2.24) is 9.71 Å². The molecule has 0 fully saturated rings. The Hall–Kier alpha value is -3.56. The summed E-state index contributed by atoms with van der Waals surface area (Å²) in [5.74, 6) is -0.436. The molecule has 1 heterocycles. The highest BCUT2D eigenvalue weighted by atomic mass is 32.2. The lowest BCUT2D eigenvalue weighted by molar-refractivity contribution is -0.384. The number of benzene rings is 3. The number of halogens is 1. The second-order valence-electron chi connectivity index (χ2n) is 6.65. The van der Waals surface area contributed by atoms with E-state index < -0.39 is 26.8 Å². The first-order valence-electron chi connectivity index (χ1n) is 8.93. The van der Waals surface area contributed by atoms with Crippen LogP contribution in [0.25, 0.3) is 10.9 Å². The Morgan fingerprint density at radius 1 is 0.967 bits per heavy atom. The molecule has 1 aromatic heterocycles. The zero-order valence-electron chi connectivity index (χ0n) is 15.4. The van der Waals surface area contributed by atoms with E-state index in [-0.39, 0.29) is 10.6 Å². The van der Waals surface area contributed by atoms with E-state index in [1.165, 1.54) is 36.4 Å². The molecule has 30 heavy (non-hydrogen) atoms. The number of nitrogens with one attached hydrogen (secondary N) is 2. The molecule has 152 valence electrons. The SMILES string of the molecule is O=[N+]([O-])c1ccc(S(=O)(=O)N[C@H](c2ccc(F)cc2)c2c[nH]c3ccccc23)cc1. The molecule has 0 amide bonds. The molecule has 9 heteroatoms. The summed E-state index contributed by atoms with van der Waals surface area (Å²) >= 11 is 0. The Kier molecular flexibility index (Phi) is 5.06. The highest BCUT2D eigenvalue weighted by molar-refractivity contribution is 7.89. The third kappa shape index (κ3) is 3.80. The zero-order chi connectivity index (χ0) is 21.3. The summed E-state index contributed by atoms with van der Waals surface area (Å²) in [6, 6.07) is 16.8. The Balaban J connectivity index is 1.78. The second-order valence-corrected chi connectivity index (χ2v) is 8.36. The molecule has 0 aliphatic rings. The van der Waals surface area contributed by atoms with E-state index in [9.17, 15) is 22.9 Å². The molecule has 4 aromatic rings. The van der Waals surface area contributed by atoms with Crippen molar-refractivity contribution >= 4 is 26.6 Å². The first-order chi connectivity index (χ1) is 14.3. The van der Waals surface area contributed by atoms with Crippen molar-refractivity contribution in [3.05, 3.63) is 106 Å². The van der Waals surface area contributed by atoms with Crippen LogP contribution in [-0.4, -0.2) is 18.3 Å². The van der Waals surface area contributed by atoms with Crippen molar-refractivity contribution < 1.29 is 17.7 Å². The fraction of sp³-hybridized carbons (Fsp3) is 0.0476. The minimum absolute atomic E-state index is 0.111. The van der Waals surface area contributed by atoms with Crippen LogP contribution in [-0.2, 0) is 10.0 Å². The summed E-state index contributed by atoms with van der Waals surface area (Å²) in [6.07, 6.45) is 1.71. The highest BCUT2D eigenvalue weighted by Gasteiger charge is 2.25. The molecule has 0 aliphatic heterocycles. The molecule has 7 nitrogen and oxygen atoms in total. The number of hydrogen-bond donors (Lipinski definition) is 2. The van der Waals surface area contributed by atoms with Gasteiger partial charge in [0.15, 0.2) is 0 Å². The summed E-state index contributed by atoms with van der Waals surface area (Å²) in [5.41, 5.74) is 1.84. The van der Waals surface area contributed by atoms with Gasteiger partial charge in [0.2, 0.25) is 10.0 Å². The minimum Gasteiger partial charge on any atom is -0.361 e. The van der Waals surface area contributed by atoms with Gasteiger partial charge in [-0.2, -0.15) is 4.72 Å². The average molecular weight is 425 g/mol. The normalized spacial score (nSPS) is 12.7. The van der Waals surface area contributed by atoms with E-state index in [0.717, 1.165) is 23.0 Å². The summed E-state index contributed by atoms with van der Waals surface area (Å²) in [7, 11) is -4.04.